The lowest BCUT2D eigenvalue weighted by atomic mass is 10.3. The molecule has 0 aliphatic heterocycles. The lowest BCUT2D eigenvalue weighted by molar-refractivity contribution is -0.118. The fourth-order valence-electron chi connectivity index (χ4n) is 1.21. The Labute approximate surface area is 115 Å². The Morgan fingerprint density at radius 3 is 2.78 bits per heavy atom. The quantitative estimate of drug-likeness (QED) is 0.665. The molecule has 0 fully saturated rings. The van der Waals surface area contributed by atoms with E-state index in [-0.39, 0.29) is 11.0 Å². The molecule has 4 nitrogen and oxygen atoms in total. The Balaban J connectivity index is 2.41. The van der Waals surface area contributed by atoms with Crippen molar-refractivity contribution in [3.8, 4) is 0 Å². The van der Waals surface area contributed by atoms with Crippen LogP contribution in [0.15, 0.2) is 11.0 Å². The summed E-state index contributed by atoms with van der Waals surface area (Å²) in [5.41, 5.74) is 1.50. The fourth-order valence-corrected chi connectivity index (χ4v) is 2.46. The standard InChI is InChI=1S/C12H16N2O2S2/c1-8(6-11-7-18-10(3)14-11)12(16)17-5-4-13-9(2)15/h6-7H,4-5H2,1-3H3,(H,13,15)/b8-6+. The van der Waals surface area contributed by atoms with Gasteiger partial charge in [-0.1, -0.05) is 11.8 Å². The number of hydrogen-bond acceptors (Lipinski definition) is 5. The van der Waals surface area contributed by atoms with Crippen molar-refractivity contribution in [1.82, 2.24) is 10.3 Å². The highest BCUT2D eigenvalue weighted by molar-refractivity contribution is 8.14. The zero-order valence-corrected chi connectivity index (χ0v) is 12.3. The van der Waals surface area contributed by atoms with Crippen molar-refractivity contribution in [3.05, 3.63) is 21.7 Å². The van der Waals surface area contributed by atoms with Gasteiger partial charge in [0.1, 0.15) is 0 Å². The maximum Gasteiger partial charge on any atom is 0.216 e. The number of carbonyl (C=O) groups excluding carboxylic acids is 2. The maximum absolute atomic E-state index is 11.8. The number of rotatable bonds is 5. The number of carbonyl (C=O) groups is 2. The monoisotopic (exact) mass is 284 g/mol. The average molecular weight is 284 g/mol. The SMILES string of the molecule is CC(=O)NCCSC(=O)/C(C)=C/c1csc(C)n1. The summed E-state index contributed by atoms with van der Waals surface area (Å²) in [4.78, 5) is 26.7. The third-order valence-corrected chi connectivity index (χ3v) is 3.82. The van der Waals surface area contributed by atoms with E-state index in [0.717, 1.165) is 10.7 Å². The second kappa shape index (κ2) is 7.33. The predicted molar refractivity (Wildman–Crippen MR) is 76.7 cm³/mol. The van der Waals surface area contributed by atoms with Crippen molar-refractivity contribution >= 4 is 40.2 Å². The normalized spacial score (nSPS) is 11.4. The molecule has 0 atom stereocenters. The first-order chi connectivity index (χ1) is 8.49. The second-order valence-corrected chi connectivity index (χ2v) is 5.87. The maximum atomic E-state index is 11.8. The van der Waals surface area contributed by atoms with Crippen LogP contribution in [0, 0.1) is 6.92 Å². The molecule has 6 heteroatoms. The van der Waals surface area contributed by atoms with Crippen LogP contribution in [0.2, 0.25) is 0 Å². The number of thiazole rings is 1. The van der Waals surface area contributed by atoms with Gasteiger partial charge in [0, 0.05) is 30.2 Å². The van der Waals surface area contributed by atoms with Crippen LogP contribution in [0.3, 0.4) is 0 Å². The van der Waals surface area contributed by atoms with Gasteiger partial charge in [-0.3, -0.25) is 9.59 Å². The van der Waals surface area contributed by atoms with Crippen molar-refractivity contribution in [3.63, 3.8) is 0 Å². The molecule has 1 heterocycles. The zero-order chi connectivity index (χ0) is 13.5. The van der Waals surface area contributed by atoms with Crippen LogP contribution in [0.5, 0.6) is 0 Å². The average Bonchev–Trinajstić information content (AvgIpc) is 2.69. The molecule has 1 aromatic heterocycles. The summed E-state index contributed by atoms with van der Waals surface area (Å²) < 4.78 is 0. The minimum atomic E-state index is -0.0757. The van der Waals surface area contributed by atoms with Crippen molar-refractivity contribution in [2.75, 3.05) is 12.3 Å². The number of aryl methyl sites for hydroxylation is 1. The van der Waals surface area contributed by atoms with E-state index in [0.29, 0.717) is 17.9 Å². The molecule has 1 N–H and O–H groups in total. The molecule has 18 heavy (non-hydrogen) atoms. The van der Waals surface area contributed by atoms with Gasteiger partial charge < -0.3 is 5.32 Å². The van der Waals surface area contributed by atoms with Gasteiger partial charge >= 0.3 is 0 Å². The first-order valence-electron chi connectivity index (χ1n) is 5.51. The van der Waals surface area contributed by atoms with Gasteiger partial charge in [-0.15, -0.1) is 11.3 Å². The van der Waals surface area contributed by atoms with Gasteiger partial charge in [0.2, 0.25) is 11.0 Å². The topological polar surface area (TPSA) is 59.1 Å². The number of hydrogen-bond donors (Lipinski definition) is 1. The van der Waals surface area contributed by atoms with Crippen molar-refractivity contribution in [1.29, 1.82) is 0 Å². The molecule has 0 spiro atoms. The summed E-state index contributed by atoms with van der Waals surface area (Å²) in [6.07, 6.45) is 1.79. The first-order valence-corrected chi connectivity index (χ1v) is 7.37. The van der Waals surface area contributed by atoms with Gasteiger partial charge in [-0.2, -0.15) is 0 Å². The minimum absolute atomic E-state index is 0.0194. The van der Waals surface area contributed by atoms with E-state index >= 15 is 0 Å². The molecule has 0 unspecified atom stereocenters. The van der Waals surface area contributed by atoms with Crippen LogP contribution in [-0.4, -0.2) is 28.3 Å². The Kier molecular flexibility index (Phi) is 6.07. The smallest absolute Gasteiger partial charge is 0.216 e. The van der Waals surface area contributed by atoms with E-state index in [1.165, 1.54) is 18.7 Å². The number of thioether (sulfide) groups is 1. The van der Waals surface area contributed by atoms with E-state index in [4.69, 9.17) is 0 Å². The Morgan fingerprint density at radius 2 is 2.22 bits per heavy atom. The van der Waals surface area contributed by atoms with Crippen LogP contribution >= 0.6 is 23.1 Å². The van der Waals surface area contributed by atoms with Gasteiger partial charge in [-0.25, -0.2) is 4.98 Å². The van der Waals surface area contributed by atoms with Crippen LogP contribution in [0.25, 0.3) is 6.08 Å². The molecule has 1 rings (SSSR count). The Morgan fingerprint density at radius 1 is 1.50 bits per heavy atom. The minimum Gasteiger partial charge on any atom is -0.356 e. The molecule has 0 aromatic carbocycles. The number of nitrogens with zero attached hydrogens (tertiary/aromatic N) is 1. The summed E-state index contributed by atoms with van der Waals surface area (Å²) in [7, 11) is 0. The van der Waals surface area contributed by atoms with Crippen molar-refractivity contribution in [2.45, 2.75) is 20.8 Å². The molecule has 0 bridgehead atoms. The summed E-state index contributed by atoms with van der Waals surface area (Å²) >= 11 is 2.77. The third kappa shape index (κ3) is 5.46. The first kappa shape index (κ1) is 14.9. The fraction of sp³-hybridized carbons (Fsp3) is 0.417. The zero-order valence-electron chi connectivity index (χ0n) is 10.6. The molecule has 0 radical (unpaired) electrons. The van der Waals surface area contributed by atoms with Crippen molar-refractivity contribution in [2.24, 2.45) is 0 Å². The highest BCUT2D eigenvalue weighted by Crippen LogP contribution is 2.15. The molecule has 0 aliphatic carbocycles. The van der Waals surface area contributed by atoms with E-state index in [2.05, 4.69) is 10.3 Å². The number of nitrogens with one attached hydrogen (secondary N) is 1. The van der Waals surface area contributed by atoms with E-state index in [1.54, 1.807) is 24.3 Å². The number of amides is 1. The Hall–Kier alpha value is -1.14. The third-order valence-electron chi connectivity index (χ3n) is 2.03. The van der Waals surface area contributed by atoms with Gasteiger partial charge in [0.15, 0.2) is 0 Å². The van der Waals surface area contributed by atoms with Crippen LogP contribution in [0.1, 0.15) is 24.5 Å². The van der Waals surface area contributed by atoms with Crippen LogP contribution in [0.4, 0.5) is 0 Å². The Bertz CT molecular complexity index is 466. The van der Waals surface area contributed by atoms with Crippen LogP contribution < -0.4 is 5.32 Å². The molecular weight excluding hydrogens is 268 g/mol. The van der Waals surface area contributed by atoms with Gasteiger partial charge in [-0.05, 0) is 19.9 Å². The molecule has 0 saturated carbocycles. The number of aromatic nitrogens is 1. The molecule has 0 saturated heterocycles. The highest BCUT2D eigenvalue weighted by atomic mass is 32.2. The molecule has 1 aromatic rings. The molecule has 0 aliphatic rings. The summed E-state index contributed by atoms with van der Waals surface area (Å²) in [5, 5.41) is 5.58. The second-order valence-electron chi connectivity index (χ2n) is 3.74. The summed E-state index contributed by atoms with van der Waals surface area (Å²) in [5.74, 6) is 0.507. The molecule has 1 amide bonds. The molecular formula is C12H16N2O2S2. The lowest BCUT2D eigenvalue weighted by Gasteiger charge is -2.01. The largest absolute Gasteiger partial charge is 0.356 e. The lowest BCUT2D eigenvalue weighted by Crippen LogP contribution is -2.22. The van der Waals surface area contributed by atoms with Crippen molar-refractivity contribution < 1.29 is 9.59 Å². The highest BCUT2D eigenvalue weighted by Gasteiger charge is 2.06. The van der Waals surface area contributed by atoms with Crippen LogP contribution in [-0.2, 0) is 9.59 Å². The molecule has 98 valence electrons. The van der Waals surface area contributed by atoms with Gasteiger partial charge in [0.05, 0.1) is 10.7 Å². The summed E-state index contributed by atoms with van der Waals surface area (Å²) in [6.45, 7) is 5.68. The van der Waals surface area contributed by atoms with E-state index < -0.39 is 0 Å². The predicted octanol–water partition coefficient (Wildman–Crippen LogP) is 2.25. The van der Waals surface area contributed by atoms with E-state index in [1.807, 2.05) is 12.3 Å². The van der Waals surface area contributed by atoms with E-state index in [9.17, 15) is 9.59 Å². The van der Waals surface area contributed by atoms with Gasteiger partial charge in [0.25, 0.3) is 0 Å². The summed E-state index contributed by atoms with van der Waals surface area (Å²) in [6, 6.07) is 0.